The molecular formula is C11H13BrN2. The Labute approximate surface area is 92.4 Å². The molecule has 1 aromatic carbocycles. The van der Waals surface area contributed by atoms with Crippen LogP contribution in [0.15, 0.2) is 22.7 Å². The smallest absolute Gasteiger partial charge is 0.0456 e. The van der Waals surface area contributed by atoms with Crippen LogP contribution >= 0.6 is 15.9 Å². The summed E-state index contributed by atoms with van der Waals surface area (Å²) >= 11 is 3.53. The van der Waals surface area contributed by atoms with E-state index in [0.717, 1.165) is 19.6 Å². The van der Waals surface area contributed by atoms with Gasteiger partial charge in [0.15, 0.2) is 0 Å². The molecule has 0 spiro atoms. The third-order valence-corrected chi connectivity index (χ3v) is 3.65. The van der Waals surface area contributed by atoms with Gasteiger partial charge in [0.25, 0.3) is 0 Å². The first-order valence-corrected chi connectivity index (χ1v) is 5.90. The van der Waals surface area contributed by atoms with Crippen LogP contribution in [0.2, 0.25) is 0 Å². The molecule has 1 saturated heterocycles. The topological polar surface area (TPSA) is 15.3 Å². The molecule has 0 bridgehead atoms. The Bertz CT molecular complexity index is 364. The van der Waals surface area contributed by atoms with Gasteiger partial charge < -0.3 is 10.2 Å². The van der Waals surface area contributed by atoms with Crippen molar-refractivity contribution in [3.05, 3.63) is 28.2 Å². The SMILES string of the molecule is Brc1ccc2c(c1)CC1CNCCN21. The summed E-state index contributed by atoms with van der Waals surface area (Å²) in [5, 5.41) is 3.45. The summed E-state index contributed by atoms with van der Waals surface area (Å²) in [7, 11) is 0. The number of nitrogens with zero attached hydrogens (tertiary/aromatic N) is 1. The van der Waals surface area contributed by atoms with Crippen LogP contribution in [0.4, 0.5) is 5.69 Å². The Morgan fingerprint density at radius 1 is 1.43 bits per heavy atom. The van der Waals surface area contributed by atoms with E-state index >= 15 is 0 Å². The van der Waals surface area contributed by atoms with E-state index in [-0.39, 0.29) is 0 Å². The average Bonchev–Trinajstić information content (AvgIpc) is 2.54. The second-order valence-corrected chi connectivity index (χ2v) is 4.94. The van der Waals surface area contributed by atoms with E-state index in [1.165, 1.54) is 22.1 Å². The highest BCUT2D eigenvalue weighted by Gasteiger charge is 2.30. The maximum atomic E-state index is 3.53. The lowest BCUT2D eigenvalue weighted by Crippen LogP contribution is -2.49. The fourth-order valence-corrected chi connectivity index (χ4v) is 2.92. The first-order valence-electron chi connectivity index (χ1n) is 5.10. The van der Waals surface area contributed by atoms with Crippen molar-refractivity contribution >= 4 is 21.6 Å². The molecule has 0 saturated carbocycles. The number of benzene rings is 1. The lowest BCUT2D eigenvalue weighted by Gasteiger charge is -2.32. The number of piperazine rings is 1. The molecule has 0 radical (unpaired) electrons. The van der Waals surface area contributed by atoms with Crippen molar-refractivity contribution < 1.29 is 0 Å². The Morgan fingerprint density at radius 3 is 3.29 bits per heavy atom. The van der Waals surface area contributed by atoms with Crippen LogP contribution < -0.4 is 10.2 Å². The molecule has 1 unspecified atom stereocenters. The van der Waals surface area contributed by atoms with Gasteiger partial charge in [0.1, 0.15) is 0 Å². The third kappa shape index (κ3) is 1.27. The van der Waals surface area contributed by atoms with E-state index < -0.39 is 0 Å². The molecule has 0 amide bonds. The summed E-state index contributed by atoms with van der Waals surface area (Å²) in [6.45, 7) is 3.40. The Morgan fingerprint density at radius 2 is 2.36 bits per heavy atom. The summed E-state index contributed by atoms with van der Waals surface area (Å²) < 4.78 is 1.20. The Kier molecular flexibility index (Phi) is 2.03. The van der Waals surface area contributed by atoms with E-state index in [9.17, 15) is 0 Å². The third-order valence-electron chi connectivity index (χ3n) is 3.16. The van der Waals surface area contributed by atoms with Gasteiger partial charge in [-0.15, -0.1) is 0 Å². The Hall–Kier alpha value is -0.540. The maximum Gasteiger partial charge on any atom is 0.0456 e. The van der Waals surface area contributed by atoms with Gasteiger partial charge in [-0.3, -0.25) is 0 Å². The largest absolute Gasteiger partial charge is 0.365 e. The number of nitrogens with one attached hydrogen (secondary N) is 1. The molecule has 74 valence electrons. The van der Waals surface area contributed by atoms with E-state index in [1.807, 2.05) is 0 Å². The number of hydrogen-bond donors (Lipinski definition) is 1. The Balaban J connectivity index is 2.01. The van der Waals surface area contributed by atoms with E-state index in [4.69, 9.17) is 0 Å². The molecule has 0 aromatic heterocycles. The van der Waals surface area contributed by atoms with Gasteiger partial charge in [0, 0.05) is 35.8 Å². The molecule has 2 nitrogen and oxygen atoms in total. The van der Waals surface area contributed by atoms with Crippen molar-refractivity contribution in [3.63, 3.8) is 0 Å². The van der Waals surface area contributed by atoms with Crippen LogP contribution in [0.1, 0.15) is 5.56 Å². The van der Waals surface area contributed by atoms with E-state index in [1.54, 1.807) is 0 Å². The summed E-state index contributed by atoms with van der Waals surface area (Å²) in [5.74, 6) is 0. The minimum Gasteiger partial charge on any atom is -0.365 e. The number of fused-ring (bicyclic) bond motifs is 3. The summed E-state index contributed by atoms with van der Waals surface area (Å²) in [6, 6.07) is 7.33. The molecule has 0 aliphatic carbocycles. The highest BCUT2D eigenvalue weighted by Crippen LogP contribution is 2.34. The highest BCUT2D eigenvalue weighted by molar-refractivity contribution is 9.10. The molecular weight excluding hydrogens is 240 g/mol. The molecule has 1 N–H and O–H groups in total. The summed E-state index contributed by atoms with van der Waals surface area (Å²) in [4.78, 5) is 2.54. The van der Waals surface area contributed by atoms with Crippen LogP contribution in [0.25, 0.3) is 0 Å². The fraction of sp³-hybridized carbons (Fsp3) is 0.455. The van der Waals surface area contributed by atoms with Crippen molar-refractivity contribution in [3.8, 4) is 0 Å². The predicted molar refractivity (Wildman–Crippen MR) is 61.8 cm³/mol. The lowest BCUT2D eigenvalue weighted by atomic mass is 10.1. The quantitative estimate of drug-likeness (QED) is 0.758. The fourth-order valence-electron chi connectivity index (χ4n) is 2.51. The van der Waals surface area contributed by atoms with Gasteiger partial charge in [-0.1, -0.05) is 15.9 Å². The van der Waals surface area contributed by atoms with Gasteiger partial charge >= 0.3 is 0 Å². The molecule has 1 atom stereocenters. The summed E-state index contributed by atoms with van der Waals surface area (Å²) in [6.07, 6.45) is 1.20. The molecule has 3 rings (SSSR count). The van der Waals surface area contributed by atoms with Gasteiger partial charge in [0.05, 0.1) is 0 Å². The van der Waals surface area contributed by atoms with Crippen LogP contribution in [0.5, 0.6) is 0 Å². The molecule has 3 heteroatoms. The zero-order valence-corrected chi connectivity index (χ0v) is 9.55. The van der Waals surface area contributed by atoms with Crippen molar-refractivity contribution in [2.24, 2.45) is 0 Å². The predicted octanol–water partition coefficient (Wildman–Crippen LogP) is 1.78. The zero-order valence-electron chi connectivity index (χ0n) is 7.96. The van der Waals surface area contributed by atoms with Crippen molar-refractivity contribution in [1.82, 2.24) is 5.32 Å². The maximum absolute atomic E-state index is 3.53. The van der Waals surface area contributed by atoms with Crippen LogP contribution in [-0.2, 0) is 6.42 Å². The first-order chi connectivity index (χ1) is 6.84. The normalized spacial score (nSPS) is 24.6. The van der Waals surface area contributed by atoms with E-state index in [2.05, 4.69) is 44.3 Å². The molecule has 1 aromatic rings. The number of rotatable bonds is 0. The minimum atomic E-state index is 0.688. The second-order valence-electron chi connectivity index (χ2n) is 4.03. The number of hydrogen-bond acceptors (Lipinski definition) is 2. The molecule has 14 heavy (non-hydrogen) atoms. The number of anilines is 1. The van der Waals surface area contributed by atoms with Crippen molar-refractivity contribution in [1.29, 1.82) is 0 Å². The average molecular weight is 253 g/mol. The standard InChI is InChI=1S/C11H13BrN2/c12-9-1-2-11-8(5-9)6-10-7-13-3-4-14(10)11/h1-2,5,10,13H,3-4,6-7H2. The molecule has 2 aliphatic rings. The molecule has 1 fully saturated rings. The monoisotopic (exact) mass is 252 g/mol. The van der Waals surface area contributed by atoms with Gasteiger partial charge in [-0.05, 0) is 30.2 Å². The lowest BCUT2D eigenvalue weighted by molar-refractivity contribution is 0.495. The second kappa shape index (κ2) is 3.24. The molecule has 2 heterocycles. The van der Waals surface area contributed by atoms with Gasteiger partial charge in [0.2, 0.25) is 0 Å². The van der Waals surface area contributed by atoms with E-state index in [0.29, 0.717) is 6.04 Å². The van der Waals surface area contributed by atoms with Crippen LogP contribution in [0.3, 0.4) is 0 Å². The molecule has 2 aliphatic heterocycles. The first kappa shape index (κ1) is 8.74. The summed E-state index contributed by atoms with van der Waals surface area (Å²) in [5.41, 5.74) is 2.94. The van der Waals surface area contributed by atoms with Crippen molar-refractivity contribution in [2.45, 2.75) is 12.5 Å². The minimum absolute atomic E-state index is 0.688. The van der Waals surface area contributed by atoms with Crippen molar-refractivity contribution in [2.75, 3.05) is 24.5 Å². The zero-order chi connectivity index (χ0) is 9.54. The highest BCUT2D eigenvalue weighted by atomic mass is 79.9. The van der Waals surface area contributed by atoms with Crippen LogP contribution in [0, 0.1) is 0 Å². The number of halogens is 1. The van der Waals surface area contributed by atoms with Crippen LogP contribution in [-0.4, -0.2) is 25.7 Å². The van der Waals surface area contributed by atoms with Gasteiger partial charge in [-0.2, -0.15) is 0 Å². The van der Waals surface area contributed by atoms with Gasteiger partial charge in [-0.25, -0.2) is 0 Å².